The van der Waals surface area contributed by atoms with Crippen LogP contribution < -0.4 is 11.1 Å². The Morgan fingerprint density at radius 1 is 1.41 bits per heavy atom. The van der Waals surface area contributed by atoms with Crippen molar-refractivity contribution < 1.29 is 15.0 Å². The number of benzene rings is 1. The van der Waals surface area contributed by atoms with Gasteiger partial charge in [0.15, 0.2) is 0 Å². The SMILES string of the molecule is CCC(=O)Nc1ccc([C@@H](O)[C@H](N)CO)cc1. The third-order valence-corrected chi connectivity index (χ3v) is 2.47. The molecule has 94 valence electrons. The van der Waals surface area contributed by atoms with Crippen LogP contribution in [0.5, 0.6) is 0 Å². The van der Waals surface area contributed by atoms with E-state index in [9.17, 15) is 9.90 Å². The Balaban J connectivity index is 2.70. The fourth-order valence-corrected chi connectivity index (χ4v) is 1.36. The van der Waals surface area contributed by atoms with Gasteiger partial charge in [0.25, 0.3) is 0 Å². The van der Waals surface area contributed by atoms with Crippen LogP contribution in [0.2, 0.25) is 0 Å². The summed E-state index contributed by atoms with van der Waals surface area (Å²) < 4.78 is 0. The molecule has 0 saturated carbocycles. The van der Waals surface area contributed by atoms with Gasteiger partial charge in [-0.05, 0) is 17.7 Å². The Morgan fingerprint density at radius 3 is 2.47 bits per heavy atom. The number of nitrogens with one attached hydrogen (secondary N) is 1. The predicted octanol–water partition coefficient (Wildman–Crippen LogP) is 0.388. The van der Waals surface area contributed by atoms with Gasteiger partial charge in [0.05, 0.1) is 18.8 Å². The van der Waals surface area contributed by atoms with Gasteiger partial charge in [0.1, 0.15) is 0 Å². The maximum Gasteiger partial charge on any atom is 0.224 e. The Labute approximate surface area is 100 Å². The summed E-state index contributed by atoms with van der Waals surface area (Å²) in [6, 6.07) is 6.02. The monoisotopic (exact) mass is 238 g/mol. The Kier molecular flexibility index (Phi) is 5.09. The van der Waals surface area contributed by atoms with Crippen LogP contribution in [0.15, 0.2) is 24.3 Å². The molecule has 0 saturated heterocycles. The lowest BCUT2D eigenvalue weighted by Gasteiger charge is -2.17. The Morgan fingerprint density at radius 2 is 2.00 bits per heavy atom. The lowest BCUT2D eigenvalue weighted by Crippen LogP contribution is -2.31. The summed E-state index contributed by atoms with van der Waals surface area (Å²) in [6.45, 7) is 1.49. The molecule has 0 aliphatic heterocycles. The molecule has 0 heterocycles. The summed E-state index contributed by atoms with van der Waals surface area (Å²) in [5, 5.41) is 21.3. The van der Waals surface area contributed by atoms with Crippen molar-refractivity contribution in [2.24, 2.45) is 5.73 Å². The van der Waals surface area contributed by atoms with E-state index in [0.717, 1.165) is 0 Å². The van der Waals surface area contributed by atoms with E-state index in [-0.39, 0.29) is 12.5 Å². The number of amides is 1. The highest BCUT2D eigenvalue weighted by atomic mass is 16.3. The first-order valence-corrected chi connectivity index (χ1v) is 5.52. The first kappa shape index (κ1) is 13.6. The third kappa shape index (κ3) is 3.81. The van der Waals surface area contributed by atoms with Crippen LogP contribution >= 0.6 is 0 Å². The number of hydrogen-bond acceptors (Lipinski definition) is 4. The quantitative estimate of drug-likeness (QED) is 0.596. The average molecular weight is 238 g/mol. The maximum atomic E-state index is 11.1. The molecule has 0 unspecified atom stereocenters. The van der Waals surface area contributed by atoms with E-state index < -0.39 is 12.1 Å². The van der Waals surface area contributed by atoms with E-state index >= 15 is 0 Å². The fourth-order valence-electron chi connectivity index (χ4n) is 1.36. The van der Waals surface area contributed by atoms with Crippen molar-refractivity contribution in [3.05, 3.63) is 29.8 Å². The van der Waals surface area contributed by atoms with E-state index in [0.29, 0.717) is 17.7 Å². The van der Waals surface area contributed by atoms with Crippen LogP contribution in [-0.4, -0.2) is 28.8 Å². The van der Waals surface area contributed by atoms with E-state index in [1.807, 2.05) is 0 Å². The normalized spacial score (nSPS) is 14.1. The molecule has 1 rings (SSSR count). The van der Waals surface area contributed by atoms with Crippen molar-refractivity contribution in [1.82, 2.24) is 0 Å². The minimum absolute atomic E-state index is 0.0645. The molecule has 0 fully saturated rings. The first-order chi connectivity index (χ1) is 8.08. The summed E-state index contributed by atoms with van der Waals surface area (Å²) in [4.78, 5) is 11.1. The van der Waals surface area contributed by atoms with Crippen molar-refractivity contribution in [2.45, 2.75) is 25.5 Å². The standard InChI is InChI=1S/C12H18N2O3/c1-2-11(16)14-9-5-3-8(4-6-9)12(17)10(13)7-15/h3-6,10,12,15,17H,2,7,13H2,1H3,(H,14,16)/t10-,12-/m1/s1. The van der Waals surface area contributed by atoms with Crippen molar-refractivity contribution in [1.29, 1.82) is 0 Å². The molecule has 1 aromatic carbocycles. The number of aliphatic hydroxyl groups excluding tert-OH is 2. The highest BCUT2D eigenvalue weighted by Crippen LogP contribution is 2.18. The molecule has 0 aliphatic rings. The van der Waals surface area contributed by atoms with E-state index in [1.165, 1.54) is 0 Å². The van der Waals surface area contributed by atoms with Gasteiger partial charge in [-0.15, -0.1) is 0 Å². The fraction of sp³-hybridized carbons (Fsp3) is 0.417. The molecule has 0 radical (unpaired) electrons. The molecule has 5 N–H and O–H groups in total. The second-order valence-corrected chi connectivity index (χ2v) is 3.82. The van der Waals surface area contributed by atoms with Gasteiger partial charge in [-0.25, -0.2) is 0 Å². The third-order valence-electron chi connectivity index (χ3n) is 2.47. The first-order valence-electron chi connectivity index (χ1n) is 5.52. The second kappa shape index (κ2) is 6.34. The Bertz CT molecular complexity index is 365. The summed E-state index contributed by atoms with van der Waals surface area (Å²) >= 11 is 0. The van der Waals surface area contributed by atoms with Crippen molar-refractivity contribution >= 4 is 11.6 Å². The molecule has 5 heteroatoms. The molecular formula is C12H18N2O3. The van der Waals surface area contributed by atoms with Gasteiger partial charge in [-0.1, -0.05) is 19.1 Å². The van der Waals surface area contributed by atoms with Crippen LogP contribution in [0.3, 0.4) is 0 Å². The molecule has 0 spiro atoms. The molecule has 5 nitrogen and oxygen atoms in total. The van der Waals surface area contributed by atoms with Gasteiger partial charge >= 0.3 is 0 Å². The zero-order valence-electron chi connectivity index (χ0n) is 9.76. The van der Waals surface area contributed by atoms with Crippen LogP contribution in [0, 0.1) is 0 Å². The van der Waals surface area contributed by atoms with Crippen LogP contribution in [-0.2, 0) is 4.79 Å². The highest BCUT2D eigenvalue weighted by Gasteiger charge is 2.15. The van der Waals surface area contributed by atoms with E-state index in [4.69, 9.17) is 10.8 Å². The molecule has 0 aromatic heterocycles. The van der Waals surface area contributed by atoms with Gasteiger partial charge in [0.2, 0.25) is 5.91 Å². The summed E-state index contributed by atoms with van der Waals surface area (Å²) in [6.07, 6.45) is -0.490. The van der Waals surface area contributed by atoms with Crippen LogP contribution in [0.4, 0.5) is 5.69 Å². The van der Waals surface area contributed by atoms with Crippen molar-refractivity contribution in [2.75, 3.05) is 11.9 Å². The van der Waals surface area contributed by atoms with E-state index in [2.05, 4.69) is 5.32 Å². The van der Waals surface area contributed by atoms with Gasteiger partial charge in [-0.2, -0.15) is 0 Å². The largest absolute Gasteiger partial charge is 0.395 e. The van der Waals surface area contributed by atoms with Crippen molar-refractivity contribution in [3.63, 3.8) is 0 Å². The smallest absolute Gasteiger partial charge is 0.224 e. The van der Waals surface area contributed by atoms with Crippen LogP contribution in [0.25, 0.3) is 0 Å². The van der Waals surface area contributed by atoms with Gasteiger partial charge in [0, 0.05) is 12.1 Å². The van der Waals surface area contributed by atoms with Gasteiger partial charge < -0.3 is 21.3 Å². The number of nitrogens with two attached hydrogens (primary N) is 1. The molecule has 1 amide bonds. The number of carbonyl (C=O) groups excluding carboxylic acids is 1. The summed E-state index contributed by atoms with van der Waals surface area (Å²) in [7, 11) is 0. The topological polar surface area (TPSA) is 95.6 Å². The number of hydrogen-bond donors (Lipinski definition) is 4. The minimum Gasteiger partial charge on any atom is -0.395 e. The van der Waals surface area contributed by atoms with Crippen molar-refractivity contribution in [3.8, 4) is 0 Å². The van der Waals surface area contributed by atoms with Gasteiger partial charge in [-0.3, -0.25) is 4.79 Å². The zero-order valence-corrected chi connectivity index (χ0v) is 9.76. The number of carbonyl (C=O) groups is 1. The number of rotatable bonds is 5. The zero-order chi connectivity index (χ0) is 12.8. The number of anilines is 1. The molecule has 1 aromatic rings. The highest BCUT2D eigenvalue weighted by molar-refractivity contribution is 5.90. The molecule has 0 bridgehead atoms. The van der Waals surface area contributed by atoms with Crippen LogP contribution in [0.1, 0.15) is 25.0 Å². The second-order valence-electron chi connectivity index (χ2n) is 3.82. The predicted molar refractivity (Wildman–Crippen MR) is 65.4 cm³/mol. The molecule has 17 heavy (non-hydrogen) atoms. The molecular weight excluding hydrogens is 220 g/mol. The summed E-state index contributed by atoms with van der Waals surface area (Å²) in [5.41, 5.74) is 6.80. The average Bonchev–Trinajstić information content (AvgIpc) is 2.37. The lowest BCUT2D eigenvalue weighted by molar-refractivity contribution is -0.115. The van der Waals surface area contributed by atoms with E-state index in [1.54, 1.807) is 31.2 Å². The Hall–Kier alpha value is -1.43. The number of aliphatic hydroxyl groups is 2. The maximum absolute atomic E-state index is 11.1. The molecule has 0 aliphatic carbocycles. The lowest BCUT2D eigenvalue weighted by atomic mass is 10.0. The summed E-state index contributed by atoms with van der Waals surface area (Å²) in [5.74, 6) is -0.0645. The molecule has 2 atom stereocenters. The minimum atomic E-state index is -0.907.